The topological polar surface area (TPSA) is 69.2 Å². The third kappa shape index (κ3) is 26.0. The average Bonchev–Trinajstić information content (AvgIpc) is 0.728. The van der Waals surface area contributed by atoms with E-state index in [1.165, 1.54) is 261 Å². The predicted octanol–water partition coefficient (Wildman–Crippen LogP) is 33.1. The van der Waals surface area contributed by atoms with E-state index in [0.717, 1.165) is 38.5 Å². The largest absolute Gasteiger partial charge is 0.907 e. The van der Waals surface area contributed by atoms with Gasteiger partial charge in [0.1, 0.15) is 51.2 Å². The maximum atomic E-state index is 8.42. The average molecular weight is 1700 g/mol. The van der Waals surface area contributed by atoms with Gasteiger partial charge in [-0.05, 0) is 204 Å². The number of quaternary nitrogens is 3. The number of unbranched alkanes of at least 4 members (excludes halogenated alkanes) is 12. The molecule has 0 saturated carbocycles. The fraction of sp³-hybridized carbons (Fsp3) is 0.400. The van der Waals surface area contributed by atoms with E-state index in [0.29, 0.717) is 13.4 Å². The summed E-state index contributed by atoms with van der Waals surface area (Å²) >= 11 is 0. The number of aryl methyl sites for hydroxylation is 3. The van der Waals surface area contributed by atoms with Gasteiger partial charge < -0.3 is 15.1 Å². The van der Waals surface area contributed by atoms with Crippen molar-refractivity contribution in [2.75, 3.05) is 0 Å². The molecular weight excluding hydrogens is 1540 g/mol. The number of hydrogen-bond acceptors (Lipinski definition) is 3. The fourth-order valence-corrected chi connectivity index (χ4v) is 19.6. The molecule has 0 heterocycles. The lowest BCUT2D eigenvalue weighted by Crippen LogP contribution is -2.56. The molecule has 127 heavy (non-hydrogen) atoms. The third-order valence-electron chi connectivity index (χ3n) is 26.0. The fourth-order valence-electron chi connectivity index (χ4n) is 19.6. The number of hydrogen-bond donors (Lipinski definition) is 0. The van der Waals surface area contributed by atoms with Gasteiger partial charge in [-0.3, -0.25) is 7.32 Å². The maximum absolute atomic E-state index is 8.42. The number of nitrogens with zero attached hydrogens (tertiary/aromatic N) is 3. The van der Waals surface area contributed by atoms with Crippen molar-refractivity contribution in [1.29, 1.82) is 0 Å². The maximum Gasteiger partial charge on any atom is 0.151 e. The second-order valence-electron chi connectivity index (χ2n) is 35.0. The molecule has 0 saturated heterocycles. The molecule has 672 valence electrons. The molecule has 0 aromatic heterocycles. The lowest BCUT2D eigenvalue weighted by atomic mass is 9.83. The standard InChI is InChI=1S/3C40H52N.BO3/c3*1-5-9-22-33-32-40(39(31-12-8-4)38(30-11-7-3)37(33)29-10-6-2)41(34-23-16-13-17-24-34,35-25-18-14-19-26-35)36-27-20-15-21-28-36;2-1(3)4/h3*13-21,23-28,32H,5-12,22,29-31H2,1-4H3;/q3*+1;-3. The zero-order chi connectivity index (χ0) is 90.3. The van der Waals surface area contributed by atoms with E-state index in [4.69, 9.17) is 15.1 Å². The van der Waals surface area contributed by atoms with Crippen LogP contribution in [0.5, 0.6) is 0 Å². The SMILES string of the molecule is CCCCc1cc([N+](c2ccccc2)(c2ccccc2)c2ccccc2)c(CCCC)c(CCCC)c1CCCC.CCCCc1cc([N+](c2ccccc2)(c2ccccc2)c2ccccc2)c(CCCC)c(CCCC)c1CCCC.CCCCc1cc([N+](c2ccccc2)(c2ccccc2)c2ccccc2)c(CCCC)c(CCCC)c1CCCC.[O-]B([O-])[O-]. The van der Waals surface area contributed by atoms with Crippen LogP contribution in [0.15, 0.2) is 291 Å². The van der Waals surface area contributed by atoms with Crippen molar-refractivity contribution in [2.45, 2.75) is 314 Å². The molecule has 0 bridgehead atoms. The van der Waals surface area contributed by atoms with Crippen molar-refractivity contribution in [3.8, 4) is 0 Å². The van der Waals surface area contributed by atoms with Crippen LogP contribution in [0.4, 0.5) is 68.2 Å². The molecule has 7 heteroatoms. The summed E-state index contributed by atoms with van der Waals surface area (Å²) in [6, 6.07) is 109. The molecule has 0 fully saturated rings. The number of rotatable bonds is 48. The molecule has 0 atom stereocenters. The van der Waals surface area contributed by atoms with Crippen LogP contribution >= 0.6 is 0 Å². The van der Waals surface area contributed by atoms with Crippen LogP contribution in [0.3, 0.4) is 0 Å². The van der Waals surface area contributed by atoms with E-state index < -0.39 is 7.32 Å². The molecule has 0 aliphatic carbocycles. The van der Waals surface area contributed by atoms with Gasteiger partial charge in [-0.15, -0.1) is 0 Å². The first-order valence-electron chi connectivity index (χ1n) is 50.0. The minimum absolute atomic E-state index is 0.619. The Morgan fingerprint density at radius 3 is 0.417 bits per heavy atom. The predicted molar refractivity (Wildman–Crippen MR) is 549 cm³/mol. The summed E-state index contributed by atoms with van der Waals surface area (Å²) in [4.78, 5) is 0. The lowest BCUT2D eigenvalue weighted by Gasteiger charge is -2.39. The Morgan fingerprint density at radius 1 is 0.165 bits per heavy atom. The molecule has 6 nitrogen and oxygen atoms in total. The zero-order valence-electron chi connectivity index (χ0n) is 80.3. The normalized spacial score (nSPS) is 11.5. The van der Waals surface area contributed by atoms with Crippen molar-refractivity contribution in [2.24, 2.45) is 0 Å². The van der Waals surface area contributed by atoms with E-state index in [2.05, 4.69) is 374 Å². The molecule has 12 aromatic rings. The first-order valence-corrected chi connectivity index (χ1v) is 50.0. The van der Waals surface area contributed by atoms with Crippen LogP contribution in [0.25, 0.3) is 0 Å². The molecule has 0 radical (unpaired) electrons. The summed E-state index contributed by atoms with van der Waals surface area (Å²) in [5.41, 5.74) is 35.7. The molecule has 0 aliphatic rings. The van der Waals surface area contributed by atoms with Gasteiger partial charge in [0.15, 0.2) is 17.1 Å². The van der Waals surface area contributed by atoms with E-state index >= 15 is 0 Å². The second kappa shape index (κ2) is 55.4. The Morgan fingerprint density at radius 2 is 0.283 bits per heavy atom. The molecule has 0 amide bonds. The van der Waals surface area contributed by atoms with Crippen molar-refractivity contribution in [3.05, 3.63) is 358 Å². The van der Waals surface area contributed by atoms with Crippen LogP contribution in [0.1, 0.15) is 304 Å². The quantitative estimate of drug-likeness (QED) is 0.0282. The Hall–Kier alpha value is -9.54. The van der Waals surface area contributed by atoms with Crippen LogP contribution in [-0.4, -0.2) is 7.32 Å². The van der Waals surface area contributed by atoms with Gasteiger partial charge in [-0.2, -0.15) is 13.4 Å². The van der Waals surface area contributed by atoms with Crippen molar-refractivity contribution < 1.29 is 15.1 Å². The van der Waals surface area contributed by atoms with Gasteiger partial charge in [0.25, 0.3) is 0 Å². The summed E-state index contributed by atoms with van der Waals surface area (Å²) in [6.07, 6.45) is 43.6. The highest BCUT2D eigenvalue weighted by molar-refractivity contribution is 6.24. The summed E-state index contributed by atoms with van der Waals surface area (Å²) < 4.78 is 1.86. The summed E-state index contributed by atoms with van der Waals surface area (Å²) in [5, 5.41) is 25.2. The summed E-state index contributed by atoms with van der Waals surface area (Å²) in [6.45, 7) is 28.1. The minimum Gasteiger partial charge on any atom is -0.907 e. The molecule has 0 unspecified atom stereocenters. The van der Waals surface area contributed by atoms with Crippen LogP contribution < -0.4 is 28.5 Å². The van der Waals surface area contributed by atoms with Gasteiger partial charge in [-0.1, -0.05) is 324 Å². The Bertz CT molecular complexity index is 4210. The van der Waals surface area contributed by atoms with Crippen LogP contribution in [0.2, 0.25) is 0 Å². The lowest BCUT2D eigenvalue weighted by molar-refractivity contribution is -0.479. The molecule has 0 spiro atoms. The van der Waals surface area contributed by atoms with Gasteiger partial charge in [0.05, 0.1) is 0 Å². The summed E-state index contributed by atoms with van der Waals surface area (Å²) in [7, 11) is -2.92. The summed E-state index contributed by atoms with van der Waals surface area (Å²) in [5.74, 6) is 0. The van der Waals surface area contributed by atoms with E-state index in [1.54, 1.807) is 66.8 Å². The molecular formula is C120H156BN3O3. The first kappa shape index (κ1) is 101. The number of para-hydroxylation sites is 9. The Kier molecular flexibility index (Phi) is 44.1. The minimum atomic E-state index is -2.92. The van der Waals surface area contributed by atoms with Crippen molar-refractivity contribution >= 4 is 75.6 Å². The van der Waals surface area contributed by atoms with Crippen LogP contribution in [0, 0.1) is 0 Å². The highest BCUT2D eigenvalue weighted by atomic mass is 16.5. The van der Waals surface area contributed by atoms with Crippen molar-refractivity contribution in [1.82, 2.24) is 13.4 Å². The van der Waals surface area contributed by atoms with Crippen molar-refractivity contribution in [3.63, 3.8) is 0 Å². The second-order valence-corrected chi connectivity index (χ2v) is 35.0. The molecule has 12 rings (SSSR count). The van der Waals surface area contributed by atoms with E-state index in [1.807, 2.05) is 0 Å². The smallest absolute Gasteiger partial charge is 0.151 e. The van der Waals surface area contributed by atoms with Crippen LogP contribution in [-0.2, 0) is 77.0 Å². The molecule has 0 N–H and O–H groups in total. The zero-order valence-corrected chi connectivity index (χ0v) is 80.3. The van der Waals surface area contributed by atoms with Gasteiger partial charge in [0, 0.05) is 144 Å². The number of benzene rings is 12. The van der Waals surface area contributed by atoms with Gasteiger partial charge >= 0.3 is 0 Å². The third-order valence-corrected chi connectivity index (χ3v) is 26.0. The van der Waals surface area contributed by atoms with Gasteiger partial charge in [0.2, 0.25) is 0 Å². The molecule has 12 aromatic carbocycles. The highest BCUT2D eigenvalue weighted by Crippen LogP contribution is 2.58. The Balaban J connectivity index is 0.000000211. The highest BCUT2D eigenvalue weighted by Gasteiger charge is 2.46. The monoisotopic (exact) mass is 1700 g/mol. The van der Waals surface area contributed by atoms with E-state index in [-0.39, 0.29) is 0 Å². The van der Waals surface area contributed by atoms with E-state index in [9.17, 15) is 0 Å². The first-order chi connectivity index (χ1) is 62.4. The Labute approximate surface area is 771 Å². The van der Waals surface area contributed by atoms with Gasteiger partial charge in [-0.25, -0.2) is 0 Å². The molecule has 0 aliphatic heterocycles.